The zero-order valence-corrected chi connectivity index (χ0v) is 15.1. The lowest BCUT2D eigenvalue weighted by atomic mass is 10.2. The van der Waals surface area contributed by atoms with Crippen LogP contribution >= 0.6 is 11.3 Å². The lowest BCUT2D eigenvalue weighted by Gasteiger charge is -2.10. The van der Waals surface area contributed by atoms with E-state index in [9.17, 15) is 13.6 Å². The summed E-state index contributed by atoms with van der Waals surface area (Å²) in [5.41, 5.74) is 1.38. The maximum Gasteiger partial charge on any atom is 0.271 e. The van der Waals surface area contributed by atoms with Gasteiger partial charge in [0.2, 0.25) is 0 Å². The Morgan fingerprint density at radius 3 is 2.70 bits per heavy atom. The van der Waals surface area contributed by atoms with Gasteiger partial charge in [-0.3, -0.25) is 4.79 Å². The van der Waals surface area contributed by atoms with E-state index >= 15 is 0 Å². The predicted molar refractivity (Wildman–Crippen MR) is 101 cm³/mol. The molecule has 0 aliphatic rings. The van der Waals surface area contributed by atoms with Gasteiger partial charge in [-0.15, -0.1) is 17.9 Å². The molecule has 0 atom stereocenters. The van der Waals surface area contributed by atoms with Gasteiger partial charge >= 0.3 is 0 Å². The normalized spacial score (nSPS) is 10.4. The molecule has 0 radical (unpaired) electrons. The summed E-state index contributed by atoms with van der Waals surface area (Å²) >= 11 is 1.31. The Balaban J connectivity index is 1.79. The van der Waals surface area contributed by atoms with Crippen LogP contribution < -0.4 is 10.1 Å². The van der Waals surface area contributed by atoms with Gasteiger partial charge in [-0.05, 0) is 29.8 Å². The number of thiazole rings is 1. The van der Waals surface area contributed by atoms with E-state index < -0.39 is 11.6 Å². The fraction of sp³-hybridized carbons (Fsp3) is 0.100. The fourth-order valence-corrected chi connectivity index (χ4v) is 3.21. The lowest BCUT2D eigenvalue weighted by molar-refractivity contribution is 0.0954. The average molecular weight is 386 g/mol. The van der Waals surface area contributed by atoms with Gasteiger partial charge in [0.25, 0.3) is 5.91 Å². The number of para-hydroxylation sites is 1. The van der Waals surface area contributed by atoms with Crippen LogP contribution in [0.2, 0.25) is 0 Å². The zero-order valence-electron chi connectivity index (χ0n) is 14.2. The summed E-state index contributed by atoms with van der Waals surface area (Å²) in [5, 5.41) is 4.94. The molecule has 0 aliphatic carbocycles. The lowest BCUT2D eigenvalue weighted by Crippen LogP contribution is -2.23. The minimum atomic E-state index is -0.656. The third-order valence-corrected chi connectivity index (χ3v) is 4.45. The molecule has 0 aliphatic heterocycles. The average Bonchev–Trinajstić information content (AvgIpc) is 3.14. The molecule has 0 unspecified atom stereocenters. The molecule has 0 spiro atoms. The number of hydrogen-bond donors (Lipinski definition) is 1. The maximum atomic E-state index is 13.3. The molecule has 3 aromatic rings. The van der Waals surface area contributed by atoms with Crippen molar-refractivity contribution in [2.24, 2.45) is 0 Å². The summed E-state index contributed by atoms with van der Waals surface area (Å²) < 4.78 is 32.4. The van der Waals surface area contributed by atoms with Crippen LogP contribution in [0.25, 0.3) is 10.6 Å². The second kappa shape index (κ2) is 8.55. The van der Waals surface area contributed by atoms with Gasteiger partial charge < -0.3 is 10.1 Å². The van der Waals surface area contributed by atoms with Crippen molar-refractivity contribution in [3.8, 4) is 16.3 Å². The van der Waals surface area contributed by atoms with Gasteiger partial charge in [0.15, 0.2) is 0 Å². The molecule has 4 nitrogen and oxygen atoms in total. The fourth-order valence-electron chi connectivity index (χ4n) is 2.38. The van der Waals surface area contributed by atoms with Crippen LogP contribution in [-0.4, -0.2) is 17.4 Å². The Kier molecular flexibility index (Phi) is 5.93. The van der Waals surface area contributed by atoms with Crippen LogP contribution in [0.15, 0.2) is 60.5 Å². The molecular formula is C20H16F2N2O2S. The van der Waals surface area contributed by atoms with Crippen LogP contribution in [0.4, 0.5) is 8.78 Å². The first-order valence-corrected chi connectivity index (χ1v) is 8.96. The Labute approximate surface area is 159 Å². The highest BCUT2D eigenvalue weighted by Crippen LogP contribution is 2.32. The molecule has 3 rings (SSSR count). The van der Waals surface area contributed by atoms with E-state index in [1.54, 1.807) is 23.6 Å². The molecule has 7 heteroatoms. The third-order valence-electron chi connectivity index (χ3n) is 3.58. The van der Waals surface area contributed by atoms with E-state index in [0.717, 1.165) is 6.07 Å². The smallest absolute Gasteiger partial charge is 0.271 e. The Bertz CT molecular complexity index is 952. The van der Waals surface area contributed by atoms with Crippen molar-refractivity contribution in [2.75, 3.05) is 6.54 Å². The van der Waals surface area contributed by atoms with Gasteiger partial charge in [0.05, 0.1) is 5.56 Å². The summed E-state index contributed by atoms with van der Waals surface area (Å²) in [6.07, 6.45) is 1.59. The van der Waals surface area contributed by atoms with E-state index in [-0.39, 0.29) is 12.5 Å². The molecule has 138 valence electrons. The van der Waals surface area contributed by atoms with Gasteiger partial charge in [-0.1, -0.05) is 18.2 Å². The number of halogens is 2. The van der Waals surface area contributed by atoms with Crippen molar-refractivity contribution in [3.05, 3.63) is 83.4 Å². The topological polar surface area (TPSA) is 51.2 Å². The minimum absolute atomic E-state index is 0.00372. The van der Waals surface area contributed by atoms with Crippen molar-refractivity contribution >= 4 is 17.2 Å². The molecule has 1 heterocycles. The number of benzene rings is 2. The Morgan fingerprint density at radius 2 is 1.96 bits per heavy atom. The van der Waals surface area contributed by atoms with E-state index in [0.29, 0.717) is 34.1 Å². The van der Waals surface area contributed by atoms with Crippen molar-refractivity contribution < 1.29 is 18.3 Å². The Morgan fingerprint density at radius 1 is 1.22 bits per heavy atom. The second-order valence-electron chi connectivity index (χ2n) is 5.60. The third kappa shape index (κ3) is 4.77. The molecular weight excluding hydrogens is 370 g/mol. The molecule has 1 N–H and O–H groups in total. The first-order chi connectivity index (χ1) is 13.1. The molecule has 0 saturated carbocycles. The van der Waals surface area contributed by atoms with Crippen molar-refractivity contribution in [1.82, 2.24) is 10.3 Å². The van der Waals surface area contributed by atoms with Crippen molar-refractivity contribution in [1.29, 1.82) is 0 Å². The highest BCUT2D eigenvalue weighted by molar-refractivity contribution is 7.13. The minimum Gasteiger partial charge on any atom is -0.488 e. The number of rotatable bonds is 7. The monoisotopic (exact) mass is 386 g/mol. The van der Waals surface area contributed by atoms with Crippen molar-refractivity contribution in [2.45, 2.75) is 6.61 Å². The number of nitrogens with zero attached hydrogens (tertiary/aromatic N) is 1. The molecule has 0 bridgehead atoms. The quantitative estimate of drug-likeness (QED) is 0.605. The summed E-state index contributed by atoms with van der Waals surface area (Å²) in [6, 6.07) is 10.4. The standard InChI is InChI=1S/C20H16F2N2O2S/c1-2-7-23-19(25)17-12-27-20(24-17)16-5-3-4-6-18(16)26-11-13-8-14(21)10-15(22)9-13/h2-6,8-10,12H,1,7,11H2,(H,23,25). The van der Waals surface area contributed by atoms with E-state index in [4.69, 9.17) is 4.74 Å². The van der Waals surface area contributed by atoms with Gasteiger partial charge in [-0.2, -0.15) is 0 Å². The van der Waals surface area contributed by atoms with Crippen molar-refractivity contribution in [3.63, 3.8) is 0 Å². The summed E-state index contributed by atoms with van der Waals surface area (Å²) in [7, 11) is 0. The van der Waals surface area contributed by atoms with E-state index in [1.807, 2.05) is 12.1 Å². The second-order valence-corrected chi connectivity index (χ2v) is 6.46. The van der Waals surface area contributed by atoms with Gasteiger partial charge in [0.1, 0.15) is 34.7 Å². The van der Waals surface area contributed by atoms with Crippen LogP contribution in [0.1, 0.15) is 16.1 Å². The summed E-state index contributed by atoms with van der Waals surface area (Å²) in [5.74, 6) is -1.09. The maximum absolute atomic E-state index is 13.3. The first kappa shape index (κ1) is 18.7. The van der Waals surface area contributed by atoms with Gasteiger partial charge in [-0.25, -0.2) is 13.8 Å². The SMILES string of the molecule is C=CCNC(=O)c1csc(-c2ccccc2OCc2cc(F)cc(F)c2)n1. The summed E-state index contributed by atoms with van der Waals surface area (Å²) in [6.45, 7) is 3.91. The number of carbonyl (C=O) groups excluding carboxylic acids is 1. The molecule has 0 saturated heterocycles. The highest BCUT2D eigenvalue weighted by Gasteiger charge is 2.14. The van der Waals surface area contributed by atoms with Crippen LogP contribution in [0.5, 0.6) is 5.75 Å². The van der Waals surface area contributed by atoms with E-state index in [2.05, 4.69) is 16.9 Å². The highest BCUT2D eigenvalue weighted by atomic mass is 32.1. The summed E-state index contributed by atoms with van der Waals surface area (Å²) in [4.78, 5) is 16.3. The Hall–Kier alpha value is -3.06. The van der Waals surface area contributed by atoms with E-state index in [1.165, 1.54) is 23.5 Å². The first-order valence-electron chi connectivity index (χ1n) is 8.08. The van der Waals surface area contributed by atoms with Gasteiger partial charge in [0, 0.05) is 18.0 Å². The number of nitrogens with one attached hydrogen (secondary N) is 1. The largest absolute Gasteiger partial charge is 0.488 e. The molecule has 0 fully saturated rings. The predicted octanol–water partition coefficient (Wildman–Crippen LogP) is 4.58. The number of amides is 1. The van der Waals surface area contributed by atoms with Crippen LogP contribution in [0.3, 0.4) is 0 Å². The molecule has 2 aromatic carbocycles. The van der Waals surface area contributed by atoms with Crippen LogP contribution in [0, 0.1) is 11.6 Å². The number of aromatic nitrogens is 1. The number of ether oxygens (including phenoxy) is 1. The van der Waals surface area contributed by atoms with Crippen LogP contribution in [-0.2, 0) is 6.61 Å². The zero-order chi connectivity index (χ0) is 19.2. The molecule has 27 heavy (non-hydrogen) atoms. The number of hydrogen-bond acceptors (Lipinski definition) is 4. The molecule has 1 amide bonds. The number of carbonyl (C=O) groups is 1. The molecule has 1 aromatic heterocycles.